The summed E-state index contributed by atoms with van der Waals surface area (Å²) in [4.78, 5) is 24.4. The van der Waals surface area contributed by atoms with E-state index in [1.807, 2.05) is 17.5 Å². The van der Waals surface area contributed by atoms with Crippen molar-refractivity contribution in [1.29, 1.82) is 0 Å². The van der Waals surface area contributed by atoms with E-state index in [-0.39, 0.29) is 0 Å². The van der Waals surface area contributed by atoms with Gasteiger partial charge in [0, 0.05) is 9.75 Å². The van der Waals surface area contributed by atoms with Crippen molar-refractivity contribution in [2.24, 2.45) is 0 Å². The van der Waals surface area contributed by atoms with Gasteiger partial charge in [0.05, 0.1) is 6.54 Å². The van der Waals surface area contributed by atoms with Crippen LogP contribution in [0.25, 0.3) is 0 Å². The van der Waals surface area contributed by atoms with Gasteiger partial charge >= 0.3 is 12.0 Å². The van der Waals surface area contributed by atoms with Crippen LogP contribution < -0.4 is 10.6 Å². The first-order valence-electron chi connectivity index (χ1n) is 5.50. The van der Waals surface area contributed by atoms with Crippen LogP contribution in [-0.4, -0.2) is 17.1 Å². The number of amides is 2. The Morgan fingerprint density at radius 3 is 2.53 bits per heavy atom. The summed E-state index contributed by atoms with van der Waals surface area (Å²) in [7, 11) is 0. The first-order valence-corrected chi connectivity index (χ1v) is 7.25. The summed E-state index contributed by atoms with van der Waals surface area (Å²) < 4.78 is 0. The fourth-order valence-electron chi connectivity index (χ4n) is 1.47. The van der Waals surface area contributed by atoms with Gasteiger partial charge in [0.2, 0.25) is 0 Å². The monoisotopic (exact) mass is 296 g/mol. The molecule has 0 aromatic carbocycles. The summed E-state index contributed by atoms with van der Waals surface area (Å²) in [6, 6.07) is 5.73. The van der Waals surface area contributed by atoms with Crippen molar-refractivity contribution in [1.82, 2.24) is 10.6 Å². The van der Waals surface area contributed by atoms with Gasteiger partial charge < -0.3 is 15.7 Å². The second kappa shape index (κ2) is 6.35. The highest BCUT2D eigenvalue weighted by atomic mass is 32.1. The molecule has 0 aliphatic heterocycles. The van der Waals surface area contributed by atoms with Crippen molar-refractivity contribution in [3.63, 3.8) is 0 Å². The number of nitrogens with one attached hydrogen (secondary N) is 2. The molecule has 0 radical (unpaired) electrons. The highest BCUT2D eigenvalue weighted by Crippen LogP contribution is 2.19. The first kappa shape index (κ1) is 13.6. The molecule has 3 N–H and O–H groups in total. The van der Waals surface area contributed by atoms with E-state index in [2.05, 4.69) is 10.6 Å². The van der Waals surface area contributed by atoms with Gasteiger partial charge in [-0.15, -0.1) is 22.7 Å². The maximum Gasteiger partial charge on any atom is 0.331 e. The number of carbonyl (C=O) groups excluding carboxylic acids is 1. The minimum Gasteiger partial charge on any atom is -0.479 e. The van der Waals surface area contributed by atoms with Crippen molar-refractivity contribution < 1.29 is 14.7 Å². The number of carbonyl (C=O) groups is 2. The van der Waals surface area contributed by atoms with Gasteiger partial charge in [-0.3, -0.25) is 0 Å². The van der Waals surface area contributed by atoms with E-state index in [1.54, 1.807) is 17.5 Å². The summed E-state index contributed by atoms with van der Waals surface area (Å²) in [5.74, 6) is -1.08. The summed E-state index contributed by atoms with van der Waals surface area (Å²) in [6.45, 7) is 0.389. The zero-order chi connectivity index (χ0) is 13.7. The van der Waals surface area contributed by atoms with Crippen LogP contribution in [-0.2, 0) is 11.3 Å². The van der Waals surface area contributed by atoms with E-state index < -0.39 is 18.0 Å². The van der Waals surface area contributed by atoms with E-state index in [0.29, 0.717) is 11.4 Å². The quantitative estimate of drug-likeness (QED) is 0.793. The lowest BCUT2D eigenvalue weighted by Crippen LogP contribution is -2.40. The summed E-state index contributed by atoms with van der Waals surface area (Å²) in [5, 5.41) is 17.9. The van der Waals surface area contributed by atoms with Gasteiger partial charge in [-0.1, -0.05) is 12.1 Å². The van der Waals surface area contributed by atoms with E-state index in [0.717, 1.165) is 4.88 Å². The highest BCUT2D eigenvalue weighted by Gasteiger charge is 2.22. The molecule has 1 atom stereocenters. The molecule has 0 saturated heterocycles. The zero-order valence-corrected chi connectivity index (χ0v) is 11.5. The van der Waals surface area contributed by atoms with Crippen molar-refractivity contribution >= 4 is 34.7 Å². The number of urea groups is 1. The molecule has 0 fully saturated rings. The van der Waals surface area contributed by atoms with Crippen molar-refractivity contribution in [2.45, 2.75) is 12.6 Å². The number of hydrogen-bond acceptors (Lipinski definition) is 4. The Bertz CT molecular complexity index is 537. The molecule has 2 amide bonds. The smallest absolute Gasteiger partial charge is 0.331 e. The van der Waals surface area contributed by atoms with Crippen LogP contribution in [0.1, 0.15) is 15.8 Å². The van der Waals surface area contributed by atoms with Gasteiger partial charge in [-0.2, -0.15) is 0 Å². The highest BCUT2D eigenvalue weighted by molar-refractivity contribution is 7.10. The molecule has 5 nitrogen and oxygen atoms in total. The Balaban J connectivity index is 1.90. The molecule has 2 rings (SSSR count). The third-order valence-electron chi connectivity index (χ3n) is 2.35. The molecule has 0 spiro atoms. The molecular weight excluding hydrogens is 284 g/mol. The third-order valence-corrected chi connectivity index (χ3v) is 4.17. The number of thiophene rings is 2. The SMILES string of the molecule is O=C(NCc1cccs1)NC(C(=O)O)c1cccs1. The van der Waals surface area contributed by atoms with Crippen LogP contribution in [0.15, 0.2) is 35.0 Å². The largest absolute Gasteiger partial charge is 0.479 e. The van der Waals surface area contributed by atoms with E-state index in [9.17, 15) is 9.59 Å². The Hall–Kier alpha value is -1.86. The topological polar surface area (TPSA) is 78.4 Å². The maximum atomic E-state index is 11.7. The van der Waals surface area contributed by atoms with Crippen LogP contribution >= 0.6 is 22.7 Å². The molecule has 19 heavy (non-hydrogen) atoms. The first-order chi connectivity index (χ1) is 9.16. The summed E-state index contributed by atoms with van der Waals surface area (Å²) >= 11 is 2.83. The number of carboxylic acids is 1. The van der Waals surface area contributed by atoms with E-state index in [1.165, 1.54) is 22.7 Å². The second-order valence-corrected chi connectivity index (χ2v) is 5.70. The summed E-state index contributed by atoms with van der Waals surface area (Å²) in [5.41, 5.74) is 0. The van der Waals surface area contributed by atoms with Crippen LogP contribution in [0.4, 0.5) is 4.79 Å². The van der Waals surface area contributed by atoms with Gasteiger partial charge in [-0.05, 0) is 22.9 Å². The normalized spacial score (nSPS) is 11.8. The fourth-order valence-corrected chi connectivity index (χ4v) is 2.88. The molecule has 2 aromatic rings. The molecular formula is C12H12N2O3S2. The minimum atomic E-state index is -1.08. The van der Waals surface area contributed by atoms with Crippen molar-refractivity contribution in [3.05, 3.63) is 44.8 Å². The molecule has 7 heteroatoms. The lowest BCUT2D eigenvalue weighted by molar-refractivity contribution is -0.139. The standard InChI is InChI=1S/C12H12N2O3S2/c15-11(16)10(9-4-2-6-19-9)14-12(17)13-7-8-3-1-5-18-8/h1-6,10H,7H2,(H,15,16)(H2,13,14,17). The molecule has 2 aromatic heterocycles. The van der Waals surface area contributed by atoms with Gasteiger partial charge in [0.1, 0.15) is 0 Å². The Labute approximate surface area is 117 Å². The average molecular weight is 296 g/mol. The number of rotatable bonds is 5. The van der Waals surface area contributed by atoms with Gasteiger partial charge in [0.15, 0.2) is 6.04 Å². The van der Waals surface area contributed by atoms with Gasteiger partial charge in [0.25, 0.3) is 0 Å². The predicted octanol–water partition coefficient (Wildman–Crippen LogP) is 2.43. The second-order valence-electron chi connectivity index (χ2n) is 3.69. The fraction of sp³-hybridized carbons (Fsp3) is 0.167. The van der Waals surface area contributed by atoms with Crippen molar-refractivity contribution in [2.75, 3.05) is 0 Å². The van der Waals surface area contributed by atoms with Crippen LogP contribution in [0.3, 0.4) is 0 Å². The van der Waals surface area contributed by atoms with Crippen LogP contribution in [0, 0.1) is 0 Å². The zero-order valence-electron chi connectivity index (χ0n) is 9.83. The number of aliphatic carboxylic acids is 1. The minimum absolute atomic E-state index is 0.389. The molecule has 100 valence electrons. The number of hydrogen-bond donors (Lipinski definition) is 3. The van der Waals surface area contributed by atoms with Gasteiger partial charge in [-0.25, -0.2) is 9.59 Å². The Morgan fingerprint density at radius 2 is 1.95 bits per heavy atom. The average Bonchev–Trinajstić information content (AvgIpc) is 3.05. The predicted molar refractivity (Wildman–Crippen MR) is 74.4 cm³/mol. The molecule has 2 heterocycles. The molecule has 0 aliphatic rings. The maximum absolute atomic E-state index is 11.7. The molecule has 0 aliphatic carbocycles. The van der Waals surface area contributed by atoms with E-state index in [4.69, 9.17) is 5.11 Å². The Morgan fingerprint density at radius 1 is 1.21 bits per heavy atom. The number of carboxylic acid groups (broad SMARTS) is 1. The molecule has 0 saturated carbocycles. The molecule has 0 bridgehead atoms. The Kier molecular flexibility index (Phi) is 4.53. The summed E-state index contributed by atoms with van der Waals surface area (Å²) in [6.07, 6.45) is 0. The molecule has 1 unspecified atom stereocenters. The van der Waals surface area contributed by atoms with E-state index >= 15 is 0 Å². The lowest BCUT2D eigenvalue weighted by atomic mass is 10.2. The third kappa shape index (κ3) is 3.80. The lowest BCUT2D eigenvalue weighted by Gasteiger charge is -2.13. The van der Waals surface area contributed by atoms with Crippen LogP contribution in [0.5, 0.6) is 0 Å². The van der Waals surface area contributed by atoms with Crippen LogP contribution in [0.2, 0.25) is 0 Å². The van der Waals surface area contributed by atoms with Crippen molar-refractivity contribution in [3.8, 4) is 0 Å².